The maximum Gasteiger partial charge on any atom is 0.243 e. The van der Waals surface area contributed by atoms with E-state index in [2.05, 4.69) is 37.2 Å². The lowest BCUT2D eigenvalue weighted by Crippen LogP contribution is -2.63. The minimum atomic E-state index is -1.20. The normalized spacial score (nSPS) is 26.6. The van der Waals surface area contributed by atoms with E-state index in [4.69, 9.17) is 0 Å². The number of hydrogen-bond donors (Lipinski definition) is 1. The zero-order valence-corrected chi connectivity index (χ0v) is 18.4. The summed E-state index contributed by atoms with van der Waals surface area (Å²) in [6.07, 6.45) is 0. The van der Waals surface area contributed by atoms with Gasteiger partial charge in [-0.1, -0.05) is 56.1 Å². The van der Waals surface area contributed by atoms with Gasteiger partial charge in [-0.05, 0) is 49.2 Å². The summed E-state index contributed by atoms with van der Waals surface area (Å²) < 4.78 is 1.59. The van der Waals surface area contributed by atoms with Gasteiger partial charge in [0.2, 0.25) is 12.1 Å². The molecule has 0 aliphatic carbocycles. The van der Waals surface area contributed by atoms with Crippen molar-refractivity contribution < 1.29 is 9.85 Å². The Labute approximate surface area is 179 Å². The molecular weight excluding hydrogens is 494 g/mol. The molecule has 2 aromatic carbocycles. The molecule has 0 spiro atoms. The Morgan fingerprint density at radius 3 is 1.57 bits per heavy atom. The summed E-state index contributed by atoms with van der Waals surface area (Å²) in [5.74, 6) is 0. The highest BCUT2D eigenvalue weighted by Gasteiger charge is 2.62. The Kier molecular flexibility index (Phi) is 5.88. The van der Waals surface area contributed by atoms with Crippen LogP contribution in [0.1, 0.15) is 37.1 Å². The second-order valence-electron chi connectivity index (χ2n) is 7.51. The van der Waals surface area contributed by atoms with Gasteiger partial charge >= 0.3 is 0 Å². The van der Waals surface area contributed by atoms with Crippen LogP contribution in [-0.2, 0) is 0 Å². The molecule has 0 bridgehead atoms. The van der Waals surface area contributed by atoms with Crippen LogP contribution in [0.15, 0.2) is 57.5 Å². The maximum atomic E-state index is 12.0. The van der Waals surface area contributed by atoms with Crippen molar-refractivity contribution >= 4 is 31.9 Å². The van der Waals surface area contributed by atoms with Crippen LogP contribution >= 0.6 is 31.9 Å². The smallest absolute Gasteiger partial charge is 0.243 e. The zero-order chi connectivity index (χ0) is 20.6. The third-order valence-electron chi connectivity index (χ3n) is 5.39. The van der Waals surface area contributed by atoms with Gasteiger partial charge in [0.1, 0.15) is 17.5 Å². The monoisotopic (exact) mass is 511 g/mol. The number of hydrogen-bond acceptors (Lipinski definition) is 5. The summed E-state index contributed by atoms with van der Waals surface area (Å²) in [5, 5.41) is 27.3. The van der Waals surface area contributed by atoms with Crippen LogP contribution in [0.5, 0.6) is 0 Å². The molecule has 148 valence electrons. The van der Waals surface area contributed by atoms with Gasteiger partial charge in [0, 0.05) is 18.8 Å². The standard InChI is InChI=1S/C19H19Br2N3O4/c1-19(2)17(23(25)26)15(11-5-3-7-13(20)9-11)22-16(18(19)24(27)28)12-6-4-8-14(21)10-12/h3-10,15-18,22H,1-2H3/t15-,16+,17+,18-. The Morgan fingerprint density at radius 2 is 1.25 bits per heavy atom. The van der Waals surface area contributed by atoms with Crippen molar-refractivity contribution in [3.8, 4) is 0 Å². The van der Waals surface area contributed by atoms with E-state index in [9.17, 15) is 20.2 Å². The van der Waals surface area contributed by atoms with Crippen molar-refractivity contribution in [3.63, 3.8) is 0 Å². The third-order valence-corrected chi connectivity index (χ3v) is 6.37. The number of nitrogens with one attached hydrogen (secondary N) is 1. The molecule has 9 heteroatoms. The quantitative estimate of drug-likeness (QED) is 0.463. The highest BCUT2D eigenvalue weighted by molar-refractivity contribution is 9.10. The lowest BCUT2D eigenvalue weighted by atomic mass is 9.66. The van der Waals surface area contributed by atoms with Gasteiger partial charge in [0.05, 0.1) is 0 Å². The van der Waals surface area contributed by atoms with Gasteiger partial charge in [0.15, 0.2) is 0 Å². The van der Waals surface area contributed by atoms with E-state index in [0.717, 1.165) is 8.95 Å². The van der Waals surface area contributed by atoms with Gasteiger partial charge in [-0.15, -0.1) is 0 Å². The number of rotatable bonds is 4. The Morgan fingerprint density at radius 1 is 0.857 bits per heavy atom. The Balaban J connectivity index is 2.18. The van der Waals surface area contributed by atoms with Gasteiger partial charge < -0.3 is 0 Å². The lowest BCUT2D eigenvalue weighted by molar-refractivity contribution is -0.605. The van der Waals surface area contributed by atoms with E-state index in [-0.39, 0.29) is 0 Å². The Bertz CT molecular complexity index is 850. The van der Waals surface area contributed by atoms with Crippen LogP contribution in [0, 0.1) is 25.6 Å². The summed E-state index contributed by atoms with van der Waals surface area (Å²) in [6, 6.07) is 10.8. The molecule has 4 atom stereocenters. The van der Waals surface area contributed by atoms with E-state index in [1.165, 1.54) is 0 Å². The van der Waals surface area contributed by atoms with E-state index in [1.807, 2.05) is 24.3 Å². The van der Waals surface area contributed by atoms with Crippen molar-refractivity contribution in [1.82, 2.24) is 5.32 Å². The second-order valence-corrected chi connectivity index (χ2v) is 9.35. The summed E-state index contributed by atoms with van der Waals surface area (Å²) >= 11 is 6.81. The number of nitro groups is 2. The molecule has 0 unspecified atom stereocenters. The topological polar surface area (TPSA) is 98.3 Å². The zero-order valence-electron chi connectivity index (χ0n) is 15.2. The van der Waals surface area contributed by atoms with E-state index in [0.29, 0.717) is 11.1 Å². The number of halogens is 2. The average Bonchev–Trinajstić information content (AvgIpc) is 2.59. The predicted octanol–water partition coefficient (Wildman–Crippen LogP) is 4.91. The fraction of sp³-hybridized carbons (Fsp3) is 0.368. The number of nitrogens with zero attached hydrogens (tertiary/aromatic N) is 2. The molecule has 0 radical (unpaired) electrons. The number of piperidine rings is 1. The summed E-state index contributed by atoms with van der Waals surface area (Å²) in [6.45, 7) is 3.23. The first kappa shape index (κ1) is 20.9. The second kappa shape index (κ2) is 7.88. The van der Waals surface area contributed by atoms with Crippen molar-refractivity contribution in [2.24, 2.45) is 5.41 Å². The van der Waals surface area contributed by atoms with Gasteiger partial charge in [-0.3, -0.25) is 25.5 Å². The minimum absolute atomic E-state index is 0.397. The summed E-state index contributed by atoms with van der Waals surface area (Å²) in [4.78, 5) is 23.3. The first-order valence-corrected chi connectivity index (χ1v) is 10.3. The largest absolute Gasteiger partial charge is 0.291 e. The molecular formula is C19H19Br2N3O4. The van der Waals surface area contributed by atoms with Gasteiger partial charge in [-0.25, -0.2) is 0 Å². The third kappa shape index (κ3) is 3.83. The molecule has 1 heterocycles. The summed E-state index contributed by atoms with van der Waals surface area (Å²) in [5.41, 5.74) is 0.231. The molecule has 3 rings (SSSR count). The molecule has 1 aliphatic heterocycles. The Hall–Kier alpha value is -1.84. The first-order chi connectivity index (χ1) is 13.1. The van der Waals surface area contributed by atoms with Gasteiger partial charge in [0.25, 0.3) is 0 Å². The molecule has 1 N–H and O–H groups in total. The molecule has 1 fully saturated rings. The molecule has 2 aromatic rings. The van der Waals surface area contributed by atoms with Crippen LogP contribution in [0.2, 0.25) is 0 Å². The molecule has 7 nitrogen and oxygen atoms in total. The molecule has 1 aliphatic rings. The number of benzene rings is 2. The van der Waals surface area contributed by atoms with Crippen molar-refractivity contribution in [2.75, 3.05) is 0 Å². The predicted molar refractivity (Wildman–Crippen MR) is 112 cm³/mol. The molecule has 0 aromatic heterocycles. The van der Waals surface area contributed by atoms with Crippen LogP contribution in [0.25, 0.3) is 0 Å². The average molecular weight is 513 g/mol. The molecule has 0 amide bonds. The van der Waals surface area contributed by atoms with Crippen molar-refractivity contribution in [1.29, 1.82) is 0 Å². The summed E-state index contributed by atoms with van der Waals surface area (Å²) in [7, 11) is 0. The molecule has 0 saturated carbocycles. The lowest BCUT2D eigenvalue weighted by Gasteiger charge is -2.44. The fourth-order valence-corrected chi connectivity index (χ4v) is 4.99. The molecule has 1 saturated heterocycles. The van der Waals surface area contributed by atoms with E-state index >= 15 is 0 Å². The fourth-order valence-electron chi connectivity index (χ4n) is 4.15. The van der Waals surface area contributed by atoms with Crippen molar-refractivity contribution in [2.45, 2.75) is 38.0 Å². The molecule has 28 heavy (non-hydrogen) atoms. The highest BCUT2D eigenvalue weighted by atomic mass is 79.9. The van der Waals surface area contributed by atoms with Crippen LogP contribution < -0.4 is 5.32 Å². The van der Waals surface area contributed by atoms with Crippen LogP contribution in [0.3, 0.4) is 0 Å². The SMILES string of the molecule is CC1(C)[C@@H]([N+](=O)[O-])[C@@H](c2cccc(Br)c2)N[C@@H](c2cccc(Br)c2)[C@H]1[N+](=O)[O-]. The van der Waals surface area contributed by atoms with E-state index in [1.54, 1.807) is 38.1 Å². The van der Waals surface area contributed by atoms with Crippen molar-refractivity contribution in [3.05, 3.63) is 88.8 Å². The highest BCUT2D eigenvalue weighted by Crippen LogP contribution is 2.47. The first-order valence-electron chi connectivity index (χ1n) is 8.67. The van der Waals surface area contributed by atoms with E-state index < -0.39 is 39.4 Å². The van der Waals surface area contributed by atoms with Crippen LogP contribution in [-0.4, -0.2) is 21.9 Å². The minimum Gasteiger partial charge on any atom is -0.291 e. The van der Waals surface area contributed by atoms with Gasteiger partial charge in [-0.2, -0.15) is 0 Å². The van der Waals surface area contributed by atoms with Crippen LogP contribution in [0.4, 0.5) is 0 Å². The maximum absolute atomic E-state index is 12.0.